The summed E-state index contributed by atoms with van der Waals surface area (Å²) in [7, 11) is 0. The quantitative estimate of drug-likeness (QED) is 0.499. The molecule has 0 aromatic rings. The van der Waals surface area contributed by atoms with E-state index in [9.17, 15) is 9.59 Å². The predicted molar refractivity (Wildman–Crippen MR) is 50.5 cm³/mol. The van der Waals surface area contributed by atoms with Crippen molar-refractivity contribution >= 4 is 11.8 Å². The highest BCUT2D eigenvalue weighted by Crippen LogP contribution is 2.03. The Bertz CT molecular complexity index is 270. The zero-order valence-electron chi connectivity index (χ0n) is 7.82. The van der Waals surface area contributed by atoms with Gasteiger partial charge in [0.25, 0.3) is 0 Å². The van der Waals surface area contributed by atoms with E-state index in [-0.39, 0.29) is 24.4 Å². The van der Waals surface area contributed by atoms with Crippen LogP contribution >= 0.6 is 0 Å². The second kappa shape index (κ2) is 3.79. The lowest BCUT2D eigenvalue weighted by atomic mass is 10.2. The van der Waals surface area contributed by atoms with Crippen molar-refractivity contribution in [2.45, 2.75) is 6.04 Å². The minimum atomic E-state index is -0.257. The maximum atomic E-state index is 11.8. The van der Waals surface area contributed by atoms with E-state index in [0.717, 1.165) is 0 Å². The van der Waals surface area contributed by atoms with E-state index in [2.05, 4.69) is 10.6 Å². The van der Waals surface area contributed by atoms with Gasteiger partial charge in [0.1, 0.15) is 6.04 Å². The Kier molecular flexibility index (Phi) is 2.49. The molecule has 2 aliphatic heterocycles. The van der Waals surface area contributed by atoms with Gasteiger partial charge in [-0.1, -0.05) is 12.2 Å². The highest BCUT2D eigenvalue weighted by Gasteiger charge is 2.27. The molecule has 1 saturated heterocycles. The summed E-state index contributed by atoms with van der Waals surface area (Å²) in [6, 6.07) is -0.257. The average molecular weight is 195 g/mol. The van der Waals surface area contributed by atoms with E-state index in [4.69, 9.17) is 0 Å². The number of carbonyl (C=O) groups excluding carboxylic acids is 2. The molecule has 0 saturated carbocycles. The number of hydrogen-bond donors (Lipinski definition) is 2. The molecule has 0 aromatic heterocycles. The Morgan fingerprint density at radius 1 is 1.43 bits per heavy atom. The fourth-order valence-electron chi connectivity index (χ4n) is 1.62. The molecule has 2 heterocycles. The zero-order chi connectivity index (χ0) is 9.97. The van der Waals surface area contributed by atoms with Gasteiger partial charge < -0.3 is 10.2 Å². The van der Waals surface area contributed by atoms with Crippen LogP contribution in [-0.2, 0) is 9.59 Å². The molecule has 14 heavy (non-hydrogen) atoms. The molecule has 1 fully saturated rings. The maximum Gasteiger partial charge on any atom is 0.242 e. The molecular weight excluding hydrogens is 182 g/mol. The Labute approximate surface area is 82.1 Å². The molecule has 1 atom stereocenters. The number of piperazine rings is 1. The minimum Gasteiger partial charge on any atom is -0.353 e. The molecule has 0 bridgehead atoms. The van der Waals surface area contributed by atoms with Gasteiger partial charge in [-0.2, -0.15) is 0 Å². The largest absolute Gasteiger partial charge is 0.353 e. The minimum absolute atomic E-state index is 0.0476. The van der Waals surface area contributed by atoms with Crippen molar-refractivity contribution in [3.05, 3.63) is 12.2 Å². The van der Waals surface area contributed by atoms with Gasteiger partial charge in [-0.05, 0) is 0 Å². The van der Waals surface area contributed by atoms with Crippen LogP contribution in [-0.4, -0.2) is 48.9 Å². The first-order chi connectivity index (χ1) is 6.77. The van der Waals surface area contributed by atoms with Crippen LogP contribution in [0.4, 0.5) is 0 Å². The summed E-state index contributed by atoms with van der Waals surface area (Å²) in [4.78, 5) is 24.4. The van der Waals surface area contributed by atoms with Gasteiger partial charge in [-0.3, -0.25) is 14.9 Å². The van der Waals surface area contributed by atoms with E-state index in [1.165, 1.54) is 0 Å². The van der Waals surface area contributed by atoms with Crippen molar-refractivity contribution in [1.29, 1.82) is 0 Å². The molecule has 0 spiro atoms. The van der Waals surface area contributed by atoms with E-state index in [1.54, 1.807) is 4.90 Å². The monoisotopic (exact) mass is 195 g/mol. The van der Waals surface area contributed by atoms with Crippen LogP contribution in [0.2, 0.25) is 0 Å². The number of rotatable bonds is 1. The molecule has 0 radical (unpaired) electrons. The normalized spacial score (nSPS) is 26.4. The van der Waals surface area contributed by atoms with Gasteiger partial charge in [-0.25, -0.2) is 0 Å². The van der Waals surface area contributed by atoms with Gasteiger partial charge in [0.2, 0.25) is 11.8 Å². The molecule has 76 valence electrons. The summed E-state index contributed by atoms with van der Waals surface area (Å²) in [5.41, 5.74) is 0. The van der Waals surface area contributed by atoms with Crippen molar-refractivity contribution in [3.63, 3.8) is 0 Å². The Morgan fingerprint density at radius 3 is 2.71 bits per heavy atom. The molecule has 2 amide bonds. The van der Waals surface area contributed by atoms with Crippen LogP contribution in [0, 0.1) is 0 Å². The Balaban J connectivity index is 1.88. The Morgan fingerprint density at radius 2 is 2.14 bits per heavy atom. The second-order valence-electron chi connectivity index (χ2n) is 3.45. The van der Waals surface area contributed by atoms with Crippen LogP contribution in [0.25, 0.3) is 0 Å². The summed E-state index contributed by atoms with van der Waals surface area (Å²) in [5, 5.41) is 5.58. The molecular formula is C9H13N3O2. The SMILES string of the molecule is O=C1CNC(C(=O)N2CC=CC2)CN1. The lowest BCUT2D eigenvalue weighted by Crippen LogP contribution is -2.58. The van der Waals surface area contributed by atoms with Crippen molar-refractivity contribution in [1.82, 2.24) is 15.5 Å². The van der Waals surface area contributed by atoms with Crippen molar-refractivity contribution in [2.75, 3.05) is 26.2 Å². The molecule has 1 unspecified atom stereocenters. The molecule has 5 nitrogen and oxygen atoms in total. The third-order valence-corrected chi connectivity index (χ3v) is 2.44. The zero-order valence-corrected chi connectivity index (χ0v) is 7.82. The summed E-state index contributed by atoms with van der Waals surface area (Å²) in [6.07, 6.45) is 3.94. The summed E-state index contributed by atoms with van der Waals surface area (Å²) >= 11 is 0. The molecule has 5 heteroatoms. The number of hydrogen-bond acceptors (Lipinski definition) is 3. The van der Waals surface area contributed by atoms with Crippen molar-refractivity contribution in [2.24, 2.45) is 0 Å². The lowest BCUT2D eigenvalue weighted by molar-refractivity contribution is -0.133. The topological polar surface area (TPSA) is 61.4 Å². The van der Waals surface area contributed by atoms with Crippen LogP contribution in [0.1, 0.15) is 0 Å². The van der Waals surface area contributed by atoms with Crippen molar-refractivity contribution < 1.29 is 9.59 Å². The van der Waals surface area contributed by atoms with Crippen LogP contribution in [0.15, 0.2) is 12.2 Å². The van der Waals surface area contributed by atoms with Crippen LogP contribution in [0.3, 0.4) is 0 Å². The summed E-state index contributed by atoms with van der Waals surface area (Å²) < 4.78 is 0. The third-order valence-electron chi connectivity index (χ3n) is 2.44. The van der Waals surface area contributed by atoms with Gasteiger partial charge in [0, 0.05) is 19.6 Å². The van der Waals surface area contributed by atoms with Gasteiger partial charge in [0.15, 0.2) is 0 Å². The van der Waals surface area contributed by atoms with Crippen LogP contribution < -0.4 is 10.6 Å². The van der Waals surface area contributed by atoms with E-state index < -0.39 is 0 Å². The first-order valence-electron chi connectivity index (χ1n) is 4.71. The molecule has 2 rings (SSSR count). The number of carbonyl (C=O) groups is 2. The van der Waals surface area contributed by atoms with Gasteiger partial charge in [-0.15, -0.1) is 0 Å². The molecule has 0 aliphatic carbocycles. The average Bonchev–Trinajstić information content (AvgIpc) is 2.71. The number of nitrogens with one attached hydrogen (secondary N) is 2. The van der Waals surface area contributed by atoms with E-state index in [1.807, 2.05) is 12.2 Å². The summed E-state index contributed by atoms with van der Waals surface area (Å²) in [6.45, 7) is 2.00. The standard InChI is InChI=1S/C9H13N3O2/c13-8-6-10-7(5-11-8)9(14)12-3-1-2-4-12/h1-2,7,10H,3-6H2,(H,11,13). The molecule has 2 aliphatic rings. The van der Waals surface area contributed by atoms with Gasteiger partial charge in [0.05, 0.1) is 6.54 Å². The fourth-order valence-corrected chi connectivity index (χ4v) is 1.62. The maximum absolute atomic E-state index is 11.8. The highest BCUT2D eigenvalue weighted by molar-refractivity contribution is 5.87. The first kappa shape index (κ1) is 9.21. The van der Waals surface area contributed by atoms with Crippen molar-refractivity contribution in [3.8, 4) is 0 Å². The highest BCUT2D eigenvalue weighted by atomic mass is 16.2. The summed E-state index contributed by atoms with van der Waals surface area (Å²) in [5.74, 6) is 0.0172. The smallest absolute Gasteiger partial charge is 0.242 e. The first-order valence-corrected chi connectivity index (χ1v) is 4.71. The fraction of sp³-hybridized carbons (Fsp3) is 0.556. The third kappa shape index (κ3) is 1.77. The molecule has 2 N–H and O–H groups in total. The van der Waals surface area contributed by atoms with E-state index in [0.29, 0.717) is 19.6 Å². The number of nitrogens with zero attached hydrogens (tertiary/aromatic N) is 1. The molecule has 0 aromatic carbocycles. The lowest BCUT2D eigenvalue weighted by Gasteiger charge is -2.27. The van der Waals surface area contributed by atoms with Gasteiger partial charge >= 0.3 is 0 Å². The number of amides is 2. The van der Waals surface area contributed by atoms with E-state index >= 15 is 0 Å². The predicted octanol–water partition coefficient (Wildman–Crippen LogP) is -1.53. The van der Waals surface area contributed by atoms with Crippen LogP contribution in [0.5, 0.6) is 0 Å². The second-order valence-corrected chi connectivity index (χ2v) is 3.45. The Hall–Kier alpha value is -1.36.